The molecule has 4 N–H and O–H groups in total. The summed E-state index contributed by atoms with van der Waals surface area (Å²) < 4.78 is 4.91. The highest BCUT2D eigenvalue weighted by Crippen LogP contribution is 2.29. The van der Waals surface area contributed by atoms with Crippen molar-refractivity contribution in [1.82, 2.24) is 0 Å². The Labute approximate surface area is 124 Å². The molecule has 1 aromatic rings. The second kappa shape index (κ2) is 7.18. The fourth-order valence-corrected chi connectivity index (χ4v) is 1.77. The van der Waals surface area contributed by atoms with Gasteiger partial charge < -0.3 is 20.7 Å². The summed E-state index contributed by atoms with van der Waals surface area (Å²) in [5, 5.41) is 16.9. The van der Waals surface area contributed by atoms with Gasteiger partial charge >= 0.3 is 12.2 Å². The maximum Gasteiger partial charge on any atom is 0.414 e. The van der Waals surface area contributed by atoms with Gasteiger partial charge in [-0.05, 0) is 18.2 Å². The van der Waals surface area contributed by atoms with Crippen molar-refractivity contribution in [2.75, 3.05) is 18.1 Å². The van der Waals surface area contributed by atoms with Crippen molar-refractivity contribution in [1.29, 1.82) is 0 Å². The van der Waals surface area contributed by atoms with Crippen LogP contribution in [-0.2, 0) is 4.74 Å². The monoisotopic (exact) mass is 322 g/mol. The Balaban J connectivity index is 0.000000444. The SMILES string of the molecule is NC(=O)O.O=C1OC(CO)CN1c1ccc(Cl)c(Cl)c1. The van der Waals surface area contributed by atoms with E-state index in [4.69, 9.17) is 42.9 Å². The molecule has 20 heavy (non-hydrogen) atoms. The third-order valence-corrected chi connectivity index (χ3v) is 3.03. The Morgan fingerprint density at radius 3 is 2.50 bits per heavy atom. The van der Waals surface area contributed by atoms with E-state index in [1.807, 2.05) is 0 Å². The Bertz CT molecular complexity index is 508. The number of aliphatic hydroxyl groups is 1. The third kappa shape index (κ3) is 4.44. The predicted molar refractivity (Wildman–Crippen MR) is 73.4 cm³/mol. The first-order valence-corrected chi connectivity index (χ1v) is 6.13. The van der Waals surface area contributed by atoms with E-state index in [-0.39, 0.29) is 6.61 Å². The summed E-state index contributed by atoms with van der Waals surface area (Å²) in [5.41, 5.74) is 4.63. The van der Waals surface area contributed by atoms with E-state index >= 15 is 0 Å². The fraction of sp³-hybridized carbons (Fsp3) is 0.273. The number of rotatable bonds is 2. The van der Waals surface area contributed by atoms with Gasteiger partial charge in [0.25, 0.3) is 0 Å². The summed E-state index contributed by atoms with van der Waals surface area (Å²) in [4.78, 5) is 21.6. The van der Waals surface area contributed by atoms with E-state index < -0.39 is 18.3 Å². The molecule has 1 aliphatic heterocycles. The number of halogens is 2. The van der Waals surface area contributed by atoms with Crippen molar-refractivity contribution in [3.8, 4) is 0 Å². The van der Waals surface area contributed by atoms with Gasteiger partial charge in [0.05, 0.1) is 23.2 Å². The maximum absolute atomic E-state index is 11.5. The first-order chi connectivity index (χ1) is 9.35. The number of carbonyl (C=O) groups is 2. The van der Waals surface area contributed by atoms with Crippen LogP contribution in [0.1, 0.15) is 0 Å². The summed E-state index contributed by atoms with van der Waals surface area (Å²) in [6, 6.07) is 4.87. The first kappa shape index (κ1) is 16.4. The molecule has 0 aliphatic carbocycles. The van der Waals surface area contributed by atoms with E-state index in [0.717, 1.165) is 0 Å². The number of ether oxygens (including phenoxy) is 1. The Hall–Kier alpha value is -1.70. The lowest BCUT2D eigenvalue weighted by molar-refractivity contribution is 0.0963. The molecule has 0 spiro atoms. The fourth-order valence-electron chi connectivity index (χ4n) is 1.48. The number of benzene rings is 1. The molecule has 7 nitrogen and oxygen atoms in total. The molecule has 1 fully saturated rings. The number of hydrogen-bond donors (Lipinski definition) is 3. The number of aliphatic hydroxyl groups excluding tert-OH is 1. The van der Waals surface area contributed by atoms with Gasteiger partial charge in [0, 0.05) is 5.69 Å². The maximum atomic E-state index is 11.5. The summed E-state index contributed by atoms with van der Waals surface area (Å²) in [7, 11) is 0. The Kier molecular flexibility index (Phi) is 5.87. The lowest BCUT2D eigenvalue weighted by Crippen LogP contribution is -2.25. The minimum Gasteiger partial charge on any atom is -0.465 e. The van der Waals surface area contributed by atoms with Crippen molar-refractivity contribution in [3.63, 3.8) is 0 Å². The molecule has 1 aliphatic rings. The van der Waals surface area contributed by atoms with Gasteiger partial charge in [-0.2, -0.15) is 0 Å². The Morgan fingerprint density at radius 2 is 2.05 bits per heavy atom. The number of anilines is 1. The van der Waals surface area contributed by atoms with E-state index in [9.17, 15) is 4.79 Å². The van der Waals surface area contributed by atoms with Crippen LogP contribution in [0, 0.1) is 0 Å². The minimum atomic E-state index is -1.33. The molecule has 1 heterocycles. The average Bonchev–Trinajstić information content (AvgIpc) is 2.73. The van der Waals surface area contributed by atoms with E-state index in [1.54, 1.807) is 18.2 Å². The lowest BCUT2D eigenvalue weighted by atomic mass is 10.3. The quantitative estimate of drug-likeness (QED) is 0.770. The highest BCUT2D eigenvalue weighted by atomic mass is 35.5. The molecule has 0 saturated carbocycles. The number of primary amides is 1. The van der Waals surface area contributed by atoms with Gasteiger partial charge in [0.2, 0.25) is 0 Å². The van der Waals surface area contributed by atoms with Crippen LogP contribution >= 0.6 is 23.2 Å². The van der Waals surface area contributed by atoms with Crippen LogP contribution in [0.2, 0.25) is 10.0 Å². The van der Waals surface area contributed by atoms with Crippen molar-refractivity contribution < 1.29 is 24.5 Å². The molecular formula is C11H12Cl2N2O5. The molecule has 1 unspecified atom stereocenters. The number of carboxylic acid groups (broad SMARTS) is 1. The van der Waals surface area contributed by atoms with E-state index in [2.05, 4.69) is 5.73 Å². The molecule has 1 aromatic carbocycles. The number of cyclic esters (lactones) is 1. The van der Waals surface area contributed by atoms with Crippen molar-refractivity contribution in [2.45, 2.75) is 6.10 Å². The second-order valence-corrected chi connectivity index (χ2v) is 4.55. The number of nitrogens with two attached hydrogens (primary N) is 1. The highest BCUT2D eigenvalue weighted by molar-refractivity contribution is 6.42. The van der Waals surface area contributed by atoms with Crippen LogP contribution < -0.4 is 10.6 Å². The van der Waals surface area contributed by atoms with Crippen LogP contribution in [0.5, 0.6) is 0 Å². The lowest BCUT2D eigenvalue weighted by Gasteiger charge is -2.13. The number of nitrogens with zero attached hydrogens (tertiary/aromatic N) is 1. The standard InChI is InChI=1S/C10H9Cl2NO3.CH3NO2/c11-8-2-1-6(3-9(8)12)13-4-7(5-14)16-10(13)15;2-1(3)4/h1-3,7,14H,4-5H2;2H2,(H,3,4). The molecule has 0 bridgehead atoms. The van der Waals surface area contributed by atoms with E-state index in [1.165, 1.54) is 4.90 Å². The van der Waals surface area contributed by atoms with Gasteiger partial charge in [-0.25, -0.2) is 9.59 Å². The van der Waals surface area contributed by atoms with Crippen LogP contribution in [0.15, 0.2) is 18.2 Å². The molecule has 110 valence electrons. The zero-order chi connectivity index (χ0) is 15.3. The van der Waals surface area contributed by atoms with Crippen molar-refractivity contribution in [3.05, 3.63) is 28.2 Å². The predicted octanol–water partition coefficient (Wildman–Crippen LogP) is 1.93. The van der Waals surface area contributed by atoms with Crippen molar-refractivity contribution >= 4 is 41.1 Å². The summed E-state index contributed by atoms with van der Waals surface area (Å²) >= 11 is 11.6. The largest absolute Gasteiger partial charge is 0.465 e. The smallest absolute Gasteiger partial charge is 0.414 e. The normalized spacial score (nSPS) is 17.2. The van der Waals surface area contributed by atoms with Gasteiger partial charge in [0.1, 0.15) is 6.10 Å². The summed E-state index contributed by atoms with van der Waals surface area (Å²) in [6.07, 6.45) is -2.31. The second-order valence-electron chi connectivity index (χ2n) is 3.74. The van der Waals surface area contributed by atoms with Gasteiger partial charge in [-0.1, -0.05) is 23.2 Å². The third-order valence-electron chi connectivity index (χ3n) is 2.29. The number of amides is 2. The molecule has 0 radical (unpaired) electrons. The summed E-state index contributed by atoms with van der Waals surface area (Å²) in [6.45, 7) is 0.122. The van der Waals surface area contributed by atoms with Crippen LogP contribution in [0.3, 0.4) is 0 Å². The molecule has 9 heteroatoms. The molecule has 2 rings (SSSR count). The minimum absolute atomic E-state index is 0.191. The molecular weight excluding hydrogens is 311 g/mol. The molecule has 0 aromatic heterocycles. The zero-order valence-corrected chi connectivity index (χ0v) is 11.6. The first-order valence-electron chi connectivity index (χ1n) is 5.37. The number of carbonyl (C=O) groups excluding carboxylic acids is 1. The molecule has 1 saturated heterocycles. The van der Waals surface area contributed by atoms with Crippen LogP contribution in [0.25, 0.3) is 0 Å². The van der Waals surface area contributed by atoms with E-state index in [0.29, 0.717) is 22.3 Å². The highest BCUT2D eigenvalue weighted by Gasteiger charge is 2.31. The number of hydrogen-bond acceptors (Lipinski definition) is 4. The molecule has 2 amide bonds. The van der Waals surface area contributed by atoms with Crippen molar-refractivity contribution in [2.24, 2.45) is 5.73 Å². The van der Waals surface area contributed by atoms with Crippen LogP contribution in [-0.4, -0.2) is 41.7 Å². The van der Waals surface area contributed by atoms with Crippen LogP contribution in [0.4, 0.5) is 15.3 Å². The van der Waals surface area contributed by atoms with Gasteiger partial charge in [-0.3, -0.25) is 4.90 Å². The van der Waals surface area contributed by atoms with Gasteiger partial charge in [0.15, 0.2) is 0 Å². The summed E-state index contributed by atoms with van der Waals surface area (Å²) in [5.74, 6) is 0. The average molecular weight is 323 g/mol. The molecule has 1 atom stereocenters. The Morgan fingerprint density at radius 1 is 1.45 bits per heavy atom. The topological polar surface area (TPSA) is 113 Å². The van der Waals surface area contributed by atoms with Gasteiger partial charge in [-0.15, -0.1) is 0 Å². The zero-order valence-electron chi connectivity index (χ0n) is 10.1.